The molecule has 1 atom stereocenters. The van der Waals surface area contributed by atoms with Crippen LogP contribution < -0.4 is 15.5 Å². The van der Waals surface area contributed by atoms with Crippen LogP contribution in [0.3, 0.4) is 0 Å². The minimum atomic E-state index is 0.340. The van der Waals surface area contributed by atoms with Crippen molar-refractivity contribution in [3.63, 3.8) is 0 Å². The first-order valence-corrected chi connectivity index (χ1v) is 11.5. The summed E-state index contributed by atoms with van der Waals surface area (Å²) < 4.78 is 0.340. The minimum absolute atomic E-state index is 0.340. The van der Waals surface area contributed by atoms with Gasteiger partial charge in [-0.3, -0.25) is 0 Å². The van der Waals surface area contributed by atoms with Crippen LogP contribution in [-0.4, -0.2) is 47.6 Å². The zero-order chi connectivity index (χ0) is 19.0. The van der Waals surface area contributed by atoms with Crippen LogP contribution >= 0.6 is 11.8 Å². The van der Waals surface area contributed by atoms with Gasteiger partial charge in [0.2, 0.25) is 0 Å². The Bertz CT molecular complexity index is 604. The van der Waals surface area contributed by atoms with Crippen LogP contribution in [0.25, 0.3) is 0 Å². The van der Waals surface area contributed by atoms with Gasteiger partial charge in [-0.2, -0.15) is 11.8 Å². The molecule has 1 aromatic heterocycles. The number of hydrogen-bond acceptors (Lipinski definition) is 4. The lowest BCUT2D eigenvalue weighted by molar-refractivity contribution is 0.584. The minimum Gasteiger partial charge on any atom is -0.357 e. The maximum Gasteiger partial charge on any atom is 0.191 e. The first kappa shape index (κ1) is 20.3. The van der Waals surface area contributed by atoms with Crippen LogP contribution in [0, 0.1) is 0 Å². The Balaban J connectivity index is 1.60. The molecule has 1 aromatic rings. The van der Waals surface area contributed by atoms with Crippen molar-refractivity contribution in [1.29, 1.82) is 0 Å². The quantitative estimate of drug-likeness (QED) is 0.572. The topological polar surface area (TPSA) is 52.6 Å². The highest BCUT2D eigenvalue weighted by Crippen LogP contribution is 2.36. The molecule has 0 spiro atoms. The molecule has 2 fully saturated rings. The standard InChI is InChI=1S/C21H35N5S/c1-3-22-20(25-17-21(2)10-8-14-27-21)24-16-18-9-11-23-19(15-18)26-12-6-4-5-7-13-26/h9,11,15H,3-8,10,12-14,16-17H2,1-2H3,(H2,22,24,25). The van der Waals surface area contributed by atoms with E-state index in [-0.39, 0.29) is 0 Å². The van der Waals surface area contributed by atoms with E-state index in [1.54, 1.807) is 0 Å². The van der Waals surface area contributed by atoms with Crippen molar-refractivity contribution in [3.8, 4) is 0 Å². The fourth-order valence-electron chi connectivity index (χ4n) is 3.79. The number of guanidine groups is 1. The van der Waals surface area contributed by atoms with Crippen LogP contribution in [-0.2, 0) is 6.54 Å². The third-order valence-corrected chi connectivity index (χ3v) is 6.97. The molecule has 6 heteroatoms. The van der Waals surface area contributed by atoms with E-state index in [0.717, 1.165) is 38.0 Å². The Morgan fingerprint density at radius 2 is 2.04 bits per heavy atom. The number of thioether (sulfide) groups is 1. The monoisotopic (exact) mass is 389 g/mol. The normalized spacial score (nSPS) is 23.9. The van der Waals surface area contributed by atoms with Crippen molar-refractivity contribution in [2.45, 2.75) is 63.7 Å². The molecule has 0 amide bonds. The molecule has 0 aliphatic carbocycles. The summed E-state index contributed by atoms with van der Waals surface area (Å²) in [7, 11) is 0. The largest absolute Gasteiger partial charge is 0.357 e. The molecular formula is C21H35N5S. The summed E-state index contributed by atoms with van der Waals surface area (Å²) in [6.07, 6.45) is 9.78. The lowest BCUT2D eigenvalue weighted by atomic mass is 10.1. The van der Waals surface area contributed by atoms with Gasteiger partial charge in [-0.1, -0.05) is 12.8 Å². The maximum atomic E-state index is 4.82. The van der Waals surface area contributed by atoms with Gasteiger partial charge in [0.05, 0.1) is 6.54 Å². The molecule has 0 saturated carbocycles. The SMILES string of the molecule is CCNC(=NCc1ccnc(N2CCCCCC2)c1)NCC1(C)CCCS1. The molecule has 2 aliphatic rings. The second-order valence-corrected chi connectivity index (χ2v) is 9.56. The third kappa shape index (κ3) is 6.30. The Morgan fingerprint density at radius 3 is 2.74 bits per heavy atom. The van der Waals surface area contributed by atoms with Gasteiger partial charge < -0.3 is 15.5 Å². The highest BCUT2D eigenvalue weighted by atomic mass is 32.2. The smallest absolute Gasteiger partial charge is 0.191 e. The van der Waals surface area contributed by atoms with Gasteiger partial charge >= 0.3 is 0 Å². The summed E-state index contributed by atoms with van der Waals surface area (Å²) in [5, 5.41) is 6.94. The van der Waals surface area contributed by atoms with Gasteiger partial charge in [-0.15, -0.1) is 0 Å². The summed E-state index contributed by atoms with van der Waals surface area (Å²) in [4.78, 5) is 11.9. The predicted octanol–water partition coefficient (Wildman–Crippen LogP) is 3.80. The van der Waals surface area contributed by atoms with Gasteiger partial charge in [0.25, 0.3) is 0 Å². The molecule has 150 valence electrons. The molecule has 2 saturated heterocycles. The molecule has 2 N–H and O–H groups in total. The zero-order valence-corrected chi connectivity index (χ0v) is 17.8. The summed E-state index contributed by atoms with van der Waals surface area (Å²) >= 11 is 2.08. The van der Waals surface area contributed by atoms with Gasteiger partial charge in [0, 0.05) is 37.1 Å². The predicted molar refractivity (Wildman–Crippen MR) is 118 cm³/mol. The van der Waals surface area contributed by atoms with Crippen LogP contribution in [0.2, 0.25) is 0 Å². The first-order valence-electron chi connectivity index (χ1n) is 10.5. The second-order valence-electron chi connectivity index (χ2n) is 7.87. The Labute approximate surface area is 168 Å². The zero-order valence-electron chi connectivity index (χ0n) is 17.0. The maximum absolute atomic E-state index is 4.82. The van der Waals surface area contributed by atoms with Crippen LogP contribution in [0.1, 0.15) is 57.9 Å². The number of hydrogen-bond donors (Lipinski definition) is 2. The Morgan fingerprint density at radius 1 is 1.22 bits per heavy atom. The molecule has 3 rings (SSSR count). The van der Waals surface area contributed by atoms with Crippen molar-refractivity contribution < 1.29 is 0 Å². The lowest BCUT2D eigenvalue weighted by Crippen LogP contribution is -2.43. The van der Waals surface area contributed by atoms with Crippen molar-refractivity contribution >= 4 is 23.5 Å². The molecule has 2 aliphatic heterocycles. The number of anilines is 1. The first-order chi connectivity index (χ1) is 13.2. The fraction of sp³-hybridized carbons (Fsp3) is 0.714. The number of nitrogens with zero attached hydrogens (tertiary/aromatic N) is 3. The van der Waals surface area contributed by atoms with Gasteiger partial charge in [-0.25, -0.2) is 9.98 Å². The van der Waals surface area contributed by atoms with Crippen LogP contribution in [0.4, 0.5) is 5.82 Å². The fourth-order valence-corrected chi connectivity index (χ4v) is 5.04. The average molecular weight is 390 g/mol. The van der Waals surface area contributed by atoms with E-state index in [4.69, 9.17) is 4.99 Å². The molecule has 27 heavy (non-hydrogen) atoms. The van der Waals surface area contributed by atoms with E-state index in [0.29, 0.717) is 11.3 Å². The molecular weight excluding hydrogens is 354 g/mol. The summed E-state index contributed by atoms with van der Waals surface area (Å²) in [5.41, 5.74) is 1.22. The van der Waals surface area contributed by atoms with E-state index in [1.807, 2.05) is 6.20 Å². The van der Waals surface area contributed by atoms with E-state index in [1.165, 1.54) is 49.8 Å². The number of rotatable bonds is 6. The highest BCUT2D eigenvalue weighted by molar-refractivity contribution is 8.00. The number of nitrogens with one attached hydrogen (secondary N) is 2. The summed E-state index contributed by atoms with van der Waals surface area (Å²) in [6, 6.07) is 4.30. The van der Waals surface area contributed by atoms with Gasteiger partial charge in [0.1, 0.15) is 5.82 Å². The van der Waals surface area contributed by atoms with E-state index in [9.17, 15) is 0 Å². The van der Waals surface area contributed by atoms with E-state index >= 15 is 0 Å². The molecule has 0 radical (unpaired) electrons. The summed E-state index contributed by atoms with van der Waals surface area (Å²) in [5.74, 6) is 3.30. The molecule has 1 unspecified atom stereocenters. The van der Waals surface area contributed by atoms with Crippen molar-refractivity contribution in [2.75, 3.05) is 36.8 Å². The number of aliphatic imine (C=N–C) groups is 1. The van der Waals surface area contributed by atoms with Gasteiger partial charge in [-0.05, 0) is 63.0 Å². The second kappa shape index (κ2) is 10.2. The Hall–Kier alpha value is -1.43. The Kier molecular flexibility index (Phi) is 7.68. The number of pyridine rings is 1. The average Bonchev–Trinajstić information content (AvgIpc) is 2.94. The molecule has 0 bridgehead atoms. The van der Waals surface area contributed by atoms with E-state index in [2.05, 4.69) is 58.3 Å². The molecule has 3 heterocycles. The van der Waals surface area contributed by atoms with Crippen molar-refractivity contribution in [3.05, 3.63) is 23.9 Å². The van der Waals surface area contributed by atoms with Crippen LogP contribution in [0.15, 0.2) is 23.3 Å². The van der Waals surface area contributed by atoms with Crippen LogP contribution in [0.5, 0.6) is 0 Å². The van der Waals surface area contributed by atoms with E-state index < -0.39 is 0 Å². The molecule has 5 nitrogen and oxygen atoms in total. The van der Waals surface area contributed by atoms with Crippen molar-refractivity contribution in [2.24, 2.45) is 4.99 Å². The lowest BCUT2D eigenvalue weighted by Gasteiger charge is -2.24. The number of aromatic nitrogens is 1. The highest BCUT2D eigenvalue weighted by Gasteiger charge is 2.29. The third-order valence-electron chi connectivity index (χ3n) is 5.43. The summed E-state index contributed by atoms with van der Waals surface area (Å²) in [6.45, 7) is 9.26. The van der Waals surface area contributed by atoms with Crippen molar-refractivity contribution in [1.82, 2.24) is 15.6 Å². The van der Waals surface area contributed by atoms with Gasteiger partial charge in [0.15, 0.2) is 5.96 Å². The molecule has 0 aromatic carbocycles.